The largest absolute Gasteiger partial charge is 0.423 e. The van der Waals surface area contributed by atoms with Gasteiger partial charge in [-0.1, -0.05) is 30.7 Å². The van der Waals surface area contributed by atoms with Gasteiger partial charge in [-0.05, 0) is 49.6 Å². The summed E-state index contributed by atoms with van der Waals surface area (Å²) in [6.07, 6.45) is 2.79. The molecule has 2 aromatic carbocycles. The van der Waals surface area contributed by atoms with E-state index in [9.17, 15) is 13.2 Å². The molecule has 5 nitrogen and oxygen atoms in total. The first kappa shape index (κ1) is 17.6. The second-order valence-corrected chi connectivity index (χ2v) is 8.08. The number of nitrogens with zero attached hydrogens (tertiary/aromatic N) is 1. The van der Waals surface area contributed by atoms with Crippen molar-refractivity contribution in [1.29, 1.82) is 0 Å². The number of aryl methyl sites for hydroxylation is 1. The maximum Gasteiger partial charge on any atom is 0.343 e. The van der Waals surface area contributed by atoms with Gasteiger partial charge in [-0.2, -0.15) is 4.31 Å². The topological polar surface area (TPSA) is 63.7 Å². The van der Waals surface area contributed by atoms with E-state index in [1.54, 1.807) is 43.3 Å². The Morgan fingerprint density at radius 2 is 1.68 bits per heavy atom. The molecule has 6 heteroatoms. The van der Waals surface area contributed by atoms with E-state index in [4.69, 9.17) is 4.74 Å². The van der Waals surface area contributed by atoms with Gasteiger partial charge in [-0.3, -0.25) is 0 Å². The van der Waals surface area contributed by atoms with Crippen LogP contribution >= 0.6 is 0 Å². The van der Waals surface area contributed by atoms with Gasteiger partial charge in [-0.25, -0.2) is 13.2 Å². The van der Waals surface area contributed by atoms with Crippen LogP contribution in [0.2, 0.25) is 0 Å². The van der Waals surface area contributed by atoms with Crippen molar-refractivity contribution in [2.45, 2.75) is 31.1 Å². The highest BCUT2D eigenvalue weighted by molar-refractivity contribution is 7.89. The number of sulfonamides is 1. The number of carbonyl (C=O) groups is 1. The zero-order chi connectivity index (χ0) is 17.9. The number of piperidine rings is 1. The molecule has 0 unspecified atom stereocenters. The number of esters is 1. The van der Waals surface area contributed by atoms with E-state index in [0.717, 1.165) is 19.3 Å². The van der Waals surface area contributed by atoms with E-state index in [1.165, 1.54) is 10.4 Å². The van der Waals surface area contributed by atoms with Crippen molar-refractivity contribution in [2.75, 3.05) is 13.1 Å². The number of carbonyl (C=O) groups excluding carboxylic acids is 1. The van der Waals surface area contributed by atoms with Crippen molar-refractivity contribution in [3.8, 4) is 5.75 Å². The average molecular weight is 359 g/mol. The maximum absolute atomic E-state index is 12.8. The van der Waals surface area contributed by atoms with Crippen LogP contribution in [0.1, 0.15) is 35.2 Å². The van der Waals surface area contributed by atoms with E-state index in [-0.39, 0.29) is 10.5 Å². The standard InChI is InChI=1S/C19H21NO4S/c1-15-10-11-17(25(22,23)20-12-6-3-7-13-20)14-18(15)19(21)24-16-8-4-2-5-9-16/h2,4-5,8-11,14H,3,6-7,12-13H2,1H3. The lowest BCUT2D eigenvalue weighted by molar-refractivity contribution is 0.0733. The molecular weight excluding hydrogens is 338 g/mol. The molecule has 0 N–H and O–H groups in total. The molecule has 0 spiro atoms. The van der Waals surface area contributed by atoms with Gasteiger partial charge < -0.3 is 4.74 Å². The quantitative estimate of drug-likeness (QED) is 0.620. The Bertz CT molecular complexity index is 856. The number of ether oxygens (including phenoxy) is 1. The average Bonchev–Trinajstić information content (AvgIpc) is 2.63. The summed E-state index contributed by atoms with van der Waals surface area (Å²) in [5.41, 5.74) is 0.945. The summed E-state index contributed by atoms with van der Waals surface area (Å²) in [6.45, 7) is 2.82. The monoisotopic (exact) mass is 359 g/mol. The van der Waals surface area contributed by atoms with Gasteiger partial charge in [0.25, 0.3) is 0 Å². The lowest BCUT2D eigenvalue weighted by Crippen LogP contribution is -2.35. The Kier molecular flexibility index (Phi) is 5.20. The summed E-state index contributed by atoms with van der Waals surface area (Å²) in [7, 11) is -3.58. The smallest absolute Gasteiger partial charge is 0.343 e. The number of hydrogen-bond donors (Lipinski definition) is 0. The summed E-state index contributed by atoms with van der Waals surface area (Å²) in [5.74, 6) is -0.129. The Labute approximate surface area is 148 Å². The molecule has 0 saturated carbocycles. The Balaban J connectivity index is 1.88. The van der Waals surface area contributed by atoms with Crippen LogP contribution in [0, 0.1) is 6.92 Å². The molecule has 0 radical (unpaired) electrons. The highest BCUT2D eigenvalue weighted by atomic mass is 32.2. The fourth-order valence-electron chi connectivity index (χ4n) is 2.89. The van der Waals surface area contributed by atoms with E-state index in [0.29, 0.717) is 24.4 Å². The minimum atomic E-state index is -3.58. The van der Waals surface area contributed by atoms with E-state index in [1.807, 2.05) is 6.07 Å². The maximum atomic E-state index is 12.8. The van der Waals surface area contributed by atoms with Crippen LogP contribution in [-0.4, -0.2) is 31.8 Å². The normalized spacial score (nSPS) is 15.7. The lowest BCUT2D eigenvalue weighted by Gasteiger charge is -2.26. The third kappa shape index (κ3) is 3.91. The SMILES string of the molecule is Cc1ccc(S(=O)(=O)N2CCCCC2)cc1C(=O)Oc1ccccc1. The third-order valence-corrected chi connectivity index (χ3v) is 6.23. The van der Waals surface area contributed by atoms with Gasteiger partial charge in [-0.15, -0.1) is 0 Å². The molecule has 0 aromatic heterocycles. The highest BCUT2D eigenvalue weighted by Crippen LogP contribution is 2.23. The predicted molar refractivity (Wildman–Crippen MR) is 95.2 cm³/mol. The van der Waals surface area contributed by atoms with Crippen molar-refractivity contribution in [2.24, 2.45) is 0 Å². The number of benzene rings is 2. The summed E-state index contributed by atoms with van der Waals surface area (Å²) in [4.78, 5) is 12.6. The number of hydrogen-bond acceptors (Lipinski definition) is 4. The fraction of sp³-hybridized carbons (Fsp3) is 0.316. The third-order valence-electron chi connectivity index (χ3n) is 4.34. The zero-order valence-corrected chi connectivity index (χ0v) is 15.0. The summed E-state index contributed by atoms with van der Waals surface area (Å²) < 4.78 is 32.5. The Morgan fingerprint density at radius 3 is 2.36 bits per heavy atom. The van der Waals surface area contributed by atoms with Gasteiger partial charge in [0.1, 0.15) is 5.75 Å². The lowest BCUT2D eigenvalue weighted by atomic mass is 10.1. The second-order valence-electron chi connectivity index (χ2n) is 6.14. The van der Waals surface area contributed by atoms with Crippen molar-refractivity contribution >= 4 is 16.0 Å². The molecule has 0 bridgehead atoms. The molecule has 1 saturated heterocycles. The first-order chi connectivity index (χ1) is 12.0. The van der Waals surface area contributed by atoms with Crippen molar-refractivity contribution < 1.29 is 17.9 Å². The molecule has 1 heterocycles. The molecule has 0 amide bonds. The number of para-hydroxylation sites is 1. The first-order valence-electron chi connectivity index (χ1n) is 8.36. The van der Waals surface area contributed by atoms with Crippen LogP contribution in [0.3, 0.4) is 0 Å². The fourth-order valence-corrected chi connectivity index (χ4v) is 4.43. The highest BCUT2D eigenvalue weighted by Gasteiger charge is 2.27. The van der Waals surface area contributed by atoms with Crippen LogP contribution in [0.15, 0.2) is 53.4 Å². The van der Waals surface area contributed by atoms with Gasteiger partial charge in [0.2, 0.25) is 10.0 Å². The molecule has 25 heavy (non-hydrogen) atoms. The van der Waals surface area contributed by atoms with Crippen LogP contribution in [0.25, 0.3) is 0 Å². The first-order valence-corrected chi connectivity index (χ1v) is 9.80. The zero-order valence-electron chi connectivity index (χ0n) is 14.1. The summed E-state index contributed by atoms with van der Waals surface area (Å²) >= 11 is 0. The van der Waals surface area contributed by atoms with E-state index in [2.05, 4.69) is 0 Å². The van der Waals surface area contributed by atoms with E-state index < -0.39 is 16.0 Å². The Hall–Kier alpha value is -2.18. The molecular formula is C19H21NO4S. The summed E-state index contributed by atoms with van der Waals surface area (Å²) in [5, 5.41) is 0. The van der Waals surface area contributed by atoms with E-state index >= 15 is 0 Å². The van der Waals surface area contributed by atoms with Gasteiger partial charge >= 0.3 is 5.97 Å². The number of rotatable bonds is 4. The molecule has 1 fully saturated rings. The van der Waals surface area contributed by atoms with Gasteiger partial charge in [0.15, 0.2) is 0 Å². The second kappa shape index (κ2) is 7.37. The van der Waals surface area contributed by atoms with Crippen molar-refractivity contribution in [3.05, 3.63) is 59.7 Å². The molecule has 1 aliphatic heterocycles. The van der Waals surface area contributed by atoms with Crippen LogP contribution < -0.4 is 4.74 Å². The molecule has 132 valence electrons. The van der Waals surface area contributed by atoms with Crippen LogP contribution in [0.5, 0.6) is 5.75 Å². The minimum Gasteiger partial charge on any atom is -0.423 e. The van der Waals surface area contributed by atoms with Crippen molar-refractivity contribution in [1.82, 2.24) is 4.31 Å². The van der Waals surface area contributed by atoms with Crippen LogP contribution in [-0.2, 0) is 10.0 Å². The van der Waals surface area contributed by atoms with Crippen LogP contribution in [0.4, 0.5) is 0 Å². The molecule has 0 atom stereocenters. The minimum absolute atomic E-state index is 0.139. The molecule has 0 aliphatic carbocycles. The molecule has 3 rings (SSSR count). The predicted octanol–water partition coefficient (Wildman–Crippen LogP) is 3.39. The Morgan fingerprint density at radius 1 is 1.00 bits per heavy atom. The summed E-state index contributed by atoms with van der Waals surface area (Å²) in [6, 6.07) is 13.4. The molecule has 2 aromatic rings. The molecule has 1 aliphatic rings. The van der Waals surface area contributed by atoms with Gasteiger partial charge in [0, 0.05) is 13.1 Å². The van der Waals surface area contributed by atoms with Gasteiger partial charge in [0.05, 0.1) is 10.5 Å². The van der Waals surface area contributed by atoms with Crippen molar-refractivity contribution in [3.63, 3.8) is 0 Å².